The fourth-order valence-corrected chi connectivity index (χ4v) is 2.74. The lowest BCUT2D eigenvalue weighted by Crippen LogP contribution is -2.13. The number of nitrogens with zero attached hydrogens (tertiary/aromatic N) is 2. The van der Waals surface area contributed by atoms with Crippen LogP contribution in [-0.4, -0.2) is 17.7 Å². The van der Waals surface area contributed by atoms with Crippen LogP contribution in [0.2, 0.25) is 0 Å². The van der Waals surface area contributed by atoms with E-state index in [0.717, 1.165) is 46.9 Å². The van der Waals surface area contributed by atoms with Crippen LogP contribution in [-0.2, 0) is 6.42 Å². The van der Waals surface area contributed by atoms with Gasteiger partial charge in [-0.15, -0.1) is 0 Å². The molecule has 0 saturated heterocycles. The van der Waals surface area contributed by atoms with Crippen molar-refractivity contribution in [2.45, 2.75) is 19.3 Å². The summed E-state index contributed by atoms with van der Waals surface area (Å²) in [4.78, 5) is 9.38. The van der Waals surface area contributed by atoms with Gasteiger partial charge in [0.1, 0.15) is 0 Å². The number of aromatic nitrogens is 1. The van der Waals surface area contributed by atoms with Crippen molar-refractivity contribution in [3.05, 3.63) is 83.5 Å². The van der Waals surface area contributed by atoms with Gasteiger partial charge >= 0.3 is 0 Å². The van der Waals surface area contributed by atoms with Gasteiger partial charge in [-0.05, 0) is 42.7 Å². The molecular formula is C20H22N4. The first-order valence-electron chi connectivity index (χ1n) is 8.18. The Morgan fingerprint density at radius 1 is 1.17 bits per heavy atom. The lowest BCUT2D eigenvalue weighted by atomic mass is 10.0. The van der Waals surface area contributed by atoms with E-state index in [1.807, 2.05) is 55.7 Å². The van der Waals surface area contributed by atoms with Crippen molar-refractivity contribution in [3.8, 4) is 0 Å². The van der Waals surface area contributed by atoms with E-state index in [2.05, 4.69) is 22.5 Å². The Labute approximate surface area is 142 Å². The largest absolute Gasteiger partial charge is 0.399 e. The van der Waals surface area contributed by atoms with Crippen LogP contribution >= 0.6 is 0 Å². The van der Waals surface area contributed by atoms with Gasteiger partial charge in [0.2, 0.25) is 0 Å². The molecule has 0 saturated carbocycles. The van der Waals surface area contributed by atoms with E-state index in [4.69, 9.17) is 10.7 Å². The van der Waals surface area contributed by atoms with Crippen LogP contribution < -0.4 is 11.1 Å². The number of likely N-dealkylation sites (N-methyl/N-ethyl adjacent to an activating group) is 1. The molecule has 3 N–H and O–H groups in total. The number of nitrogens with one attached hydrogen (secondary N) is 1. The molecule has 3 rings (SSSR count). The normalized spacial score (nSPS) is 14.8. The highest BCUT2D eigenvalue weighted by Gasteiger charge is 2.11. The van der Waals surface area contributed by atoms with Gasteiger partial charge in [-0.1, -0.05) is 30.4 Å². The number of allylic oxidation sites excluding steroid dienone is 2. The third-order valence-electron chi connectivity index (χ3n) is 3.95. The third kappa shape index (κ3) is 3.90. The van der Waals surface area contributed by atoms with Crippen LogP contribution in [0.15, 0.2) is 77.2 Å². The molecule has 0 aliphatic heterocycles. The Balaban J connectivity index is 2.00. The summed E-state index contributed by atoms with van der Waals surface area (Å²) >= 11 is 0. The molecule has 0 radical (unpaired) electrons. The van der Waals surface area contributed by atoms with E-state index in [9.17, 15) is 0 Å². The van der Waals surface area contributed by atoms with Gasteiger partial charge in [-0.2, -0.15) is 0 Å². The summed E-state index contributed by atoms with van der Waals surface area (Å²) < 4.78 is 0. The molecule has 122 valence electrons. The van der Waals surface area contributed by atoms with Crippen LogP contribution in [0.1, 0.15) is 24.1 Å². The van der Waals surface area contributed by atoms with Crippen molar-refractivity contribution in [3.63, 3.8) is 0 Å². The van der Waals surface area contributed by atoms with Crippen molar-refractivity contribution in [1.82, 2.24) is 10.3 Å². The van der Waals surface area contributed by atoms with Gasteiger partial charge in [-0.3, -0.25) is 9.98 Å². The molecular weight excluding hydrogens is 296 g/mol. The van der Waals surface area contributed by atoms with Crippen LogP contribution in [0.25, 0.3) is 0 Å². The summed E-state index contributed by atoms with van der Waals surface area (Å²) in [7, 11) is 1.93. The van der Waals surface area contributed by atoms with Crippen LogP contribution in [0.4, 0.5) is 5.69 Å². The van der Waals surface area contributed by atoms with Crippen molar-refractivity contribution < 1.29 is 0 Å². The number of aliphatic imine (C=N–C) groups is 1. The van der Waals surface area contributed by atoms with Crippen molar-refractivity contribution >= 4 is 11.4 Å². The first kappa shape index (κ1) is 16.0. The minimum absolute atomic E-state index is 0.665. The molecule has 0 unspecified atom stereocenters. The number of hydrogen-bond acceptors (Lipinski definition) is 4. The van der Waals surface area contributed by atoms with Crippen LogP contribution in [0.3, 0.4) is 0 Å². The summed E-state index contributed by atoms with van der Waals surface area (Å²) in [6, 6.07) is 13.8. The molecule has 0 fully saturated rings. The highest BCUT2D eigenvalue weighted by atomic mass is 14.9. The Kier molecular flexibility index (Phi) is 5.06. The topological polar surface area (TPSA) is 63.3 Å². The third-order valence-corrected chi connectivity index (χ3v) is 3.95. The summed E-state index contributed by atoms with van der Waals surface area (Å²) in [6.45, 7) is 0. The van der Waals surface area contributed by atoms with Gasteiger partial charge in [-0.25, -0.2) is 0 Å². The molecule has 1 aromatic heterocycles. The molecule has 1 aliphatic carbocycles. The lowest BCUT2D eigenvalue weighted by Gasteiger charge is -2.15. The molecule has 0 amide bonds. The molecule has 1 aliphatic rings. The maximum atomic E-state index is 5.97. The fourth-order valence-electron chi connectivity index (χ4n) is 2.74. The number of nitrogen functional groups attached to an aromatic ring is 1. The van der Waals surface area contributed by atoms with Crippen molar-refractivity contribution in [2.24, 2.45) is 4.99 Å². The summed E-state index contributed by atoms with van der Waals surface area (Å²) in [5, 5.41) is 3.23. The molecule has 1 aromatic carbocycles. The molecule has 4 heteroatoms. The van der Waals surface area contributed by atoms with Crippen molar-refractivity contribution in [2.75, 3.05) is 12.8 Å². The van der Waals surface area contributed by atoms with E-state index in [1.165, 1.54) is 0 Å². The second-order valence-corrected chi connectivity index (χ2v) is 5.72. The molecule has 0 spiro atoms. The zero-order valence-electron chi connectivity index (χ0n) is 13.9. The minimum atomic E-state index is 0.665. The second-order valence-electron chi connectivity index (χ2n) is 5.72. The molecule has 0 atom stereocenters. The average molecular weight is 318 g/mol. The molecule has 24 heavy (non-hydrogen) atoms. The monoisotopic (exact) mass is 318 g/mol. The van der Waals surface area contributed by atoms with Crippen molar-refractivity contribution in [1.29, 1.82) is 0 Å². The summed E-state index contributed by atoms with van der Waals surface area (Å²) in [5.41, 5.74) is 11.8. The standard InChI is InChI=1S/C20H22N4/c1-22-18-10-2-3-11-19(18)24-20(14-17-9-4-5-12-23-17)15-7-6-8-16(21)13-15/h4-13,22H,2-3,14,21H2,1H3. The maximum absolute atomic E-state index is 5.97. The van der Waals surface area contributed by atoms with E-state index in [-0.39, 0.29) is 0 Å². The van der Waals surface area contributed by atoms with Crippen LogP contribution in [0.5, 0.6) is 0 Å². The van der Waals surface area contributed by atoms with E-state index < -0.39 is 0 Å². The highest BCUT2D eigenvalue weighted by molar-refractivity contribution is 6.03. The van der Waals surface area contributed by atoms with Gasteiger partial charge in [0.15, 0.2) is 0 Å². The zero-order valence-corrected chi connectivity index (χ0v) is 13.9. The average Bonchev–Trinajstić information content (AvgIpc) is 2.62. The SMILES string of the molecule is CNC1=CCCC=C1N=C(Cc1ccccn1)c1cccc(N)c1. The molecule has 0 bridgehead atoms. The van der Waals surface area contributed by atoms with Gasteiger partial charge in [0.25, 0.3) is 0 Å². The van der Waals surface area contributed by atoms with Gasteiger partial charge in [0.05, 0.1) is 17.1 Å². The number of rotatable bonds is 5. The zero-order chi connectivity index (χ0) is 16.8. The Hall–Kier alpha value is -2.88. The minimum Gasteiger partial charge on any atom is -0.399 e. The second kappa shape index (κ2) is 7.59. The predicted molar refractivity (Wildman–Crippen MR) is 99.8 cm³/mol. The first-order chi connectivity index (χ1) is 11.8. The summed E-state index contributed by atoms with van der Waals surface area (Å²) in [5.74, 6) is 0. The Morgan fingerprint density at radius 2 is 2.04 bits per heavy atom. The number of anilines is 1. The number of nitrogens with two attached hydrogens (primary N) is 1. The number of benzene rings is 1. The van der Waals surface area contributed by atoms with Crippen LogP contribution in [0, 0.1) is 0 Å². The molecule has 2 aromatic rings. The van der Waals surface area contributed by atoms with Gasteiger partial charge < -0.3 is 11.1 Å². The fraction of sp³-hybridized carbons (Fsp3) is 0.200. The van der Waals surface area contributed by atoms with E-state index in [0.29, 0.717) is 6.42 Å². The number of pyridine rings is 1. The first-order valence-corrected chi connectivity index (χ1v) is 8.18. The maximum Gasteiger partial charge on any atom is 0.0821 e. The van der Waals surface area contributed by atoms with E-state index >= 15 is 0 Å². The lowest BCUT2D eigenvalue weighted by molar-refractivity contribution is 0.899. The van der Waals surface area contributed by atoms with E-state index in [1.54, 1.807) is 0 Å². The van der Waals surface area contributed by atoms with Gasteiger partial charge in [0, 0.05) is 31.0 Å². The predicted octanol–water partition coefficient (Wildman–Crippen LogP) is 3.48. The molecule has 4 nitrogen and oxygen atoms in total. The molecule has 1 heterocycles. The highest BCUT2D eigenvalue weighted by Crippen LogP contribution is 2.20. The Morgan fingerprint density at radius 3 is 2.79 bits per heavy atom. The Bertz CT molecular complexity index is 788. The number of hydrogen-bond donors (Lipinski definition) is 2. The summed E-state index contributed by atoms with van der Waals surface area (Å²) in [6.07, 6.45) is 8.90. The smallest absolute Gasteiger partial charge is 0.0821 e. The quantitative estimate of drug-likeness (QED) is 0.655.